The molecule has 2 atom stereocenters. The van der Waals surface area contributed by atoms with Gasteiger partial charge < -0.3 is 11.1 Å². The molecule has 0 heterocycles. The van der Waals surface area contributed by atoms with Crippen molar-refractivity contribution in [2.24, 2.45) is 5.73 Å². The third kappa shape index (κ3) is 4.70. The molecule has 0 bridgehead atoms. The molecule has 4 nitrogen and oxygen atoms in total. The lowest BCUT2D eigenvalue weighted by molar-refractivity contribution is -0.126. The molecule has 6 heteroatoms. The maximum Gasteiger partial charge on any atom is 0.239 e. The molecule has 98 valence electrons. The monoisotopic (exact) mass is 330 g/mol. The van der Waals surface area contributed by atoms with E-state index in [0.29, 0.717) is 0 Å². The quantitative estimate of drug-likeness (QED) is 0.810. The second-order valence-electron chi connectivity index (χ2n) is 3.85. The Balaban J connectivity index is 2.54. The van der Waals surface area contributed by atoms with E-state index < -0.39 is 11.9 Å². The first-order chi connectivity index (χ1) is 8.40. The normalized spacial score (nSPS) is 13.7. The van der Waals surface area contributed by atoms with E-state index in [2.05, 4.69) is 21.2 Å². The average Bonchev–Trinajstić information content (AvgIpc) is 2.31. The van der Waals surface area contributed by atoms with Crippen molar-refractivity contribution in [1.82, 2.24) is 5.32 Å². The smallest absolute Gasteiger partial charge is 0.239 e. The molecule has 0 aliphatic rings. The van der Waals surface area contributed by atoms with Crippen LogP contribution in [0.2, 0.25) is 0 Å². The second-order valence-corrected chi connectivity index (χ2v) is 6.18. The summed E-state index contributed by atoms with van der Waals surface area (Å²) in [6, 6.07) is 7.04. The fourth-order valence-electron chi connectivity index (χ4n) is 1.17. The van der Waals surface area contributed by atoms with Gasteiger partial charge in [0.25, 0.3) is 0 Å². The Morgan fingerprint density at radius 2 is 1.83 bits per heavy atom. The summed E-state index contributed by atoms with van der Waals surface area (Å²) in [4.78, 5) is 23.6. The summed E-state index contributed by atoms with van der Waals surface area (Å²) in [5, 5.41) is 2.28. The summed E-state index contributed by atoms with van der Waals surface area (Å²) >= 11 is 4.78. The fourth-order valence-corrected chi connectivity index (χ4v) is 2.31. The van der Waals surface area contributed by atoms with E-state index in [1.165, 1.54) is 11.8 Å². The number of thioether (sulfide) groups is 1. The highest BCUT2D eigenvalue weighted by Gasteiger charge is 2.18. The zero-order chi connectivity index (χ0) is 13.7. The largest absolute Gasteiger partial charge is 0.368 e. The van der Waals surface area contributed by atoms with Crippen molar-refractivity contribution in [3.63, 3.8) is 0 Å². The number of carbonyl (C=O) groups excluding carboxylic acids is 2. The summed E-state index contributed by atoms with van der Waals surface area (Å²) in [7, 11) is 0. The summed E-state index contributed by atoms with van der Waals surface area (Å²) in [5.74, 6) is -0.738. The minimum Gasteiger partial charge on any atom is -0.368 e. The van der Waals surface area contributed by atoms with Crippen LogP contribution in [0.3, 0.4) is 0 Å². The van der Waals surface area contributed by atoms with Gasteiger partial charge in [-0.1, -0.05) is 15.9 Å². The van der Waals surface area contributed by atoms with E-state index in [-0.39, 0.29) is 11.2 Å². The molecule has 0 fully saturated rings. The van der Waals surface area contributed by atoms with Crippen LogP contribution in [0.25, 0.3) is 0 Å². The van der Waals surface area contributed by atoms with Gasteiger partial charge in [0.1, 0.15) is 6.04 Å². The van der Waals surface area contributed by atoms with Gasteiger partial charge in [-0.25, -0.2) is 0 Å². The van der Waals surface area contributed by atoms with Crippen molar-refractivity contribution in [2.45, 2.75) is 30.0 Å². The highest BCUT2D eigenvalue weighted by atomic mass is 79.9. The maximum absolute atomic E-state index is 11.8. The van der Waals surface area contributed by atoms with Crippen molar-refractivity contribution >= 4 is 39.5 Å². The molecule has 1 aromatic carbocycles. The van der Waals surface area contributed by atoms with E-state index in [4.69, 9.17) is 5.73 Å². The van der Waals surface area contributed by atoms with Crippen molar-refractivity contribution in [3.05, 3.63) is 28.7 Å². The van der Waals surface area contributed by atoms with E-state index in [0.717, 1.165) is 9.37 Å². The number of primary amides is 1. The van der Waals surface area contributed by atoms with Gasteiger partial charge in [-0.3, -0.25) is 9.59 Å². The number of rotatable bonds is 5. The van der Waals surface area contributed by atoms with Gasteiger partial charge in [0, 0.05) is 9.37 Å². The Morgan fingerprint density at radius 3 is 2.33 bits per heavy atom. The summed E-state index contributed by atoms with van der Waals surface area (Å²) < 4.78 is 0.992. The number of hydrogen-bond acceptors (Lipinski definition) is 3. The molecular formula is C12H15BrN2O2S. The standard InChI is InChI=1S/C12H15BrN2O2S/c1-7(11(14)16)15-12(17)8(2)18-10-5-3-9(13)4-6-10/h3-8H,1-2H3,(H2,14,16)(H,15,17). The van der Waals surface area contributed by atoms with Crippen LogP contribution >= 0.6 is 27.7 Å². The van der Waals surface area contributed by atoms with Crippen LogP contribution in [-0.2, 0) is 9.59 Å². The van der Waals surface area contributed by atoms with Crippen LogP contribution in [0.1, 0.15) is 13.8 Å². The van der Waals surface area contributed by atoms with Gasteiger partial charge in [0.15, 0.2) is 0 Å². The lowest BCUT2D eigenvalue weighted by Crippen LogP contribution is -2.44. The van der Waals surface area contributed by atoms with Crippen LogP contribution in [0.15, 0.2) is 33.6 Å². The van der Waals surface area contributed by atoms with Crippen molar-refractivity contribution in [3.8, 4) is 0 Å². The molecule has 0 aromatic heterocycles. The average molecular weight is 331 g/mol. The molecule has 18 heavy (non-hydrogen) atoms. The molecule has 0 aliphatic carbocycles. The molecule has 0 spiro atoms. The number of nitrogens with two attached hydrogens (primary N) is 1. The molecule has 0 saturated heterocycles. The molecule has 1 aromatic rings. The zero-order valence-corrected chi connectivity index (χ0v) is 12.5. The van der Waals surface area contributed by atoms with Crippen LogP contribution in [-0.4, -0.2) is 23.1 Å². The Labute approximate surface area is 119 Å². The van der Waals surface area contributed by atoms with Crippen molar-refractivity contribution < 1.29 is 9.59 Å². The Hall–Kier alpha value is -1.01. The first kappa shape index (κ1) is 15.0. The summed E-state index contributed by atoms with van der Waals surface area (Å²) in [6.45, 7) is 3.35. The number of nitrogens with one attached hydrogen (secondary N) is 1. The number of benzene rings is 1. The van der Waals surface area contributed by atoms with E-state index in [9.17, 15) is 9.59 Å². The van der Waals surface area contributed by atoms with E-state index in [1.54, 1.807) is 13.8 Å². The SMILES string of the molecule is CC(NC(=O)C(C)Sc1ccc(Br)cc1)C(N)=O. The highest BCUT2D eigenvalue weighted by molar-refractivity contribution is 9.10. The van der Waals surface area contributed by atoms with E-state index >= 15 is 0 Å². The van der Waals surface area contributed by atoms with Crippen LogP contribution in [0.5, 0.6) is 0 Å². The third-order valence-corrected chi connectivity index (χ3v) is 3.92. The topological polar surface area (TPSA) is 72.2 Å². The van der Waals surface area contributed by atoms with Crippen LogP contribution < -0.4 is 11.1 Å². The van der Waals surface area contributed by atoms with Crippen molar-refractivity contribution in [2.75, 3.05) is 0 Å². The predicted molar refractivity (Wildman–Crippen MR) is 76.3 cm³/mol. The van der Waals surface area contributed by atoms with Crippen LogP contribution in [0.4, 0.5) is 0 Å². The minimum absolute atomic E-state index is 0.200. The Morgan fingerprint density at radius 1 is 1.28 bits per heavy atom. The molecule has 1 rings (SSSR count). The minimum atomic E-state index is -0.648. The molecule has 0 radical (unpaired) electrons. The van der Waals surface area contributed by atoms with Gasteiger partial charge in [-0.15, -0.1) is 11.8 Å². The lowest BCUT2D eigenvalue weighted by atomic mass is 10.3. The number of halogens is 1. The van der Waals surface area contributed by atoms with Gasteiger partial charge >= 0.3 is 0 Å². The number of hydrogen-bond donors (Lipinski definition) is 2. The van der Waals surface area contributed by atoms with Gasteiger partial charge in [-0.2, -0.15) is 0 Å². The highest BCUT2D eigenvalue weighted by Crippen LogP contribution is 2.24. The predicted octanol–water partition coefficient (Wildman–Crippen LogP) is 1.92. The lowest BCUT2D eigenvalue weighted by Gasteiger charge is -2.15. The number of carbonyl (C=O) groups is 2. The Bertz CT molecular complexity index is 436. The van der Waals surface area contributed by atoms with Crippen molar-refractivity contribution in [1.29, 1.82) is 0 Å². The third-order valence-electron chi connectivity index (χ3n) is 2.28. The van der Waals surface area contributed by atoms with Gasteiger partial charge in [0.05, 0.1) is 5.25 Å². The summed E-state index contributed by atoms with van der Waals surface area (Å²) in [6.07, 6.45) is 0. The van der Waals surface area contributed by atoms with Gasteiger partial charge in [-0.05, 0) is 38.1 Å². The van der Waals surface area contributed by atoms with E-state index in [1.807, 2.05) is 24.3 Å². The Kier molecular flexibility index (Phi) is 5.68. The number of amides is 2. The second kappa shape index (κ2) is 6.80. The summed E-state index contributed by atoms with van der Waals surface area (Å²) in [5.41, 5.74) is 5.09. The first-order valence-corrected chi connectivity index (χ1v) is 7.09. The molecule has 2 unspecified atom stereocenters. The fraction of sp³-hybridized carbons (Fsp3) is 0.333. The molecule has 0 aliphatic heterocycles. The zero-order valence-electron chi connectivity index (χ0n) is 10.1. The van der Waals surface area contributed by atoms with Crippen LogP contribution in [0, 0.1) is 0 Å². The molecule has 3 N–H and O–H groups in total. The first-order valence-electron chi connectivity index (χ1n) is 5.42. The maximum atomic E-state index is 11.8. The molecule has 2 amide bonds. The molecular weight excluding hydrogens is 316 g/mol. The van der Waals surface area contributed by atoms with Gasteiger partial charge in [0.2, 0.25) is 11.8 Å². The molecule has 0 saturated carbocycles.